The highest BCUT2D eigenvalue weighted by atomic mass is 32.2. The molecule has 9 heteroatoms. The van der Waals surface area contributed by atoms with Crippen molar-refractivity contribution in [3.63, 3.8) is 0 Å². The second-order valence-electron chi connectivity index (χ2n) is 6.40. The number of benzene rings is 2. The van der Waals surface area contributed by atoms with Gasteiger partial charge in [-0.15, -0.1) is 0 Å². The van der Waals surface area contributed by atoms with Gasteiger partial charge in [0.2, 0.25) is 0 Å². The first-order valence-corrected chi connectivity index (χ1v) is 10.4. The molecule has 0 bridgehead atoms. The maximum absolute atomic E-state index is 12.4. The van der Waals surface area contributed by atoms with Gasteiger partial charge in [-0.1, -0.05) is 18.2 Å². The van der Waals surface area contributed by atoms with Gasteiger partial charge in [0, 0.05) is 12.7 Å². The highest BCUT2D eigenvalue weighted by Gasteiger charge is 2.17. The van der Waals surface area contributed by atoms with E-state index < -0.39 is 28.5 Å². The van der Waals surface area contributed by atoms with Gasteiger partial charge >= 0.3 is 5.97 Å². The molecule has 0 aliphatic carbocycles. The summed E-state index contributed by atoms with van der Waals surface area (Å²) < 4.78 is 37.5. The first-order chi connectivity index (χ1) is 14.3. The molecule has 0 saturated carbocycles. The molecule has 1 heterocycles. The van der Waals surface area contributed by atoms with Crippen LogP contribution >= 0.6 is 0 Å². The number of esters is 1. The largest absolute Gasteiger partial charge is 0.467 e. The van der Waals surface area contributed by atoms with Crippen LogP contribution in [0.25, 0.3) is 0 Å². The molecule has 30 heavy (non-hydrogen) atoms. The highest BCUT2D eigenvalue weighted by Crippen LogP contribution is 2.16. The summed E-state index contributed by atoms with van der Waals surface area (Å²) in [6.45, 7) is -0.185. The van der Waals surface area contributed by atoms with Gasteiger partial charge in [0.25, 0.3) is 15.9 Å². The lowest BCUT2D eigenvalue weighted by atomic mass is 10.2. The number of hydrogen-bond donors (Lipinski definition) is 1. The number of carbonyl (C=O) groups excluding carboxylic acids is 2. The number of sulfonamides is 1. The molecular weight excluding hydrogens is 408 g/mol. The molecule has 0 radical (unpaired) electrons. The normalized spacial score (nSPS) is 11.0. The number of carbonyl (C=O) groups is 2. The Balaban J connectivity index is 1.56. The summed E-state index contributed by atoms with van der Waals surface area (Å²) in [6.07, 6.45) is 1.51. The fourth-order valence-corrected chi connectivity index (χ4v) is 3.59. The van der Waals surface area contributed by atoms with Crippen molar-refractivity contribution in [2.24, 2.45) is 0 Å². The molecule has 0 atom stereocenters. The Bertz CT molecular complexity index is 1090. The van der Waals surface area contributed by atoms with Gasteiger partial charge in [0.05, 0.1) is 23.3 Å². The molecule has 1 N–H and O–H groups in total. The number of amides is 1. The van der Waals surface area contributed by atoms with Crippen molar-refractivity contribution >= 4 is 27.6 Å². The molecule has 0 aliphatic heterocycles. The van der Waals surface area contributed by atoms with Crippen LogP contribution in [0.3, 0.4) is 0 Å². The molecule has 3 aromatic rings. The van der Waals surface area contributed by atoms with Gasteiger partial charge < -0.3 is 14.1 Å². The summed E-state index contributed by atoms with van der Waals surface area (Å²) in [6, 6.07) is 17.2. The molecule has 0 aliphatic rings. The summed E-state index contributed by atoms with van der Waals surface area (Å²) in [7, 11) is -2.22. The zero-order chi connectivity index (χ0) is 21.6. The second-order valence-corrected chi connectivity index (χ2v) is 8.08. The lowest BCUT2D eigenvalue weighted by Crippen LogP contribution is -2.30. The minimum absolute atomic E-state index is 0.00263. The van der Waals surface area contributed by atoms with E-state index in [4.69, 9.17) is 9.15 Å². The first-order valence-electron chi connectivity index (χ1n) is 8.96. The number of likely N-dealkylation sites (N-methyl/N-ethyl adjacent to an activating group) is 1. The van der Waals surface area contributed by atoms with Crippen LogP contribution in [0.15, 0.2) is 82.3 Å². The summed E-state index contributed by atoms with van der Waals surface area (Å²) in [5, 5.41) is 0. The SMILES string of the molecule is CN(Cc1ccco1)C(=O)COC(=O)c1ccc(S(=O)(=O)Nc2ccccc2)cc1. The van der Waals surface area contributed by atoms with E-state index in [0.29, 0.717) is 11.4 Å². The van der Waals surface area contributed by atoms with Crippen molar-refractivity contribution in [1.82, 2.24) is 4.90 Å². The summed E-state index contributed by atoms with van der Waals surface area (Å²) in [4.78, 5) is 25.6. The fraction of sp³-hybridized carbons (Fsp3) is 0.143. The Hall–Kier alpha value is -3.59. The number of nitrogens with one attached hydrogen (secondary N) is 1. The van der Waals surface area contributed by atoms with Gasteiger partial charge in [-0.3, -0.25) is 9.52 Å². The van der Waals surface area contributed by atoms with Crippen LogP contribution in [-0.4, -0.2) is 38.8 Å². The molecule has 1 amide bonds. The minimum atomic E-state index is -3.79. The lowest BCUT2D eigenvalue weighted by Gasteiger charge is -2.15. The summed E-state index contributed by atoms with van der Waals surface area (Å²) >= 11 is 0. The average Bonchev–Trinajstić information content (AvgIpc) is 3.25. The standard InChI is InChI=1S/C21H20N2O6S/c1-23(14-18-8-5-13-28-18)20(24)15-29-21(25)16-9-11-19(12-10-16)30(26,27)22-17-6-3-2-4-7-17/h2-13,22H,14-15H2,1H3. The Kier molecular flexibility index (Phi) is 6.53. The van der Waals surface area contributed by atoms with Crippen molar-refractivity contribution in [3.05, 3.63) is 84.3 Å². The molecule has 1 aromatic heterocycles. The zero-order valence-corrected chi connectivity index (χ0v) is 17.0. The van der Waals surface area contributed by atoms with Crippen molar-refractivity contribution < 1.29 is 27.2 Å². The van der Waals surface area contributed by atoms with E-state index in [9.17, 15) is 18.0 Å². The third-order valence-corrected chi connectivity index (χ3v) is 5.55. The predicted octanol–water partition coefficient (Wildman–Crippen LogP) is 2.90. The van der Waals surface area contributed by atoms with E-state index in [-0.39, 0.29) is 17.0 Å². The highest BCUT2D eigenvalue weighted by molar-refractivity contribution is 7.92. The Morgan fingerprint density at radius 1 is 1.00 bits per heavy atom. The zero-order valence-electron chi connectivity index (χ0n) is 16.1. The van der Waals surface area contributed by atoms with Crippen molar-refractivity contribution in [2.45, 2.75) is 11.4 Å². The average molecular weight is 428 g/mol. The van der Waals surface area contributed by atoms with Crippen LogP contribution in [0.5, 0.6) is 0 Å². The van der Waals surface area contributed by atoms with Crippen LogP contribution in [0.1, 0.15) is 16.1 Å². The first kappa shape index (κ1) is 21.1. The number of para-hydroxylation sites is 1. The van der Waals surface area contributed by atoms with E-state index in [2.05, 4.69) is 4.72 Å². The van der Waals surface area contributed by atoms with Crippen molar-refractivity contribution in [1.29, 1.82) is 0 Å². The Labute approximate surface area is 174 Å². The number of nitrogens with zero attached hydrogens (tertiary/aromatic N) is 1. The number of hydrogen-bond acceptors (Lipinski definition) is 6. The Morgan fingerprint density at radius 2 is 1.70 bits per heavy atom. The molecule has 156 valence electrons. The van der Waals surface area contributed by atoms with E-state index in [1.165, 1.54) is 35.4 Å². The molecular formula is C21H20N2O6S. The van der Waals surface area contributed by atoms with E-state index >= 15 is 0 Å². The van der Waals surface area contributed by atoms with Crippen LogP contribution in [0.4, 0.5) is 5.69 Å². The molecule has 3 rings (SSSR count). The van der Waals surface area contributed by atoms with Gasteiger partial charge in [0.1, 0.15) is 5.76 Å². The summed E-state index contributed by atoms with van der Waals surface area (Å²) in [5.74, 6) is -0.515. The minimum Gasteiger partial charge on any atom is -0.467 e. The maximum atomic E-state index is 12.4. The maximum Gasteiger partial charge on any atom is 0.338 e. The number of rotatable bonds is 8. The van der Waals surface area contributed by atoms with Crippen LogP contribution < -0.4 is 4.72 Å². The second kappa shape index (κ2) is 9.27. The van der Waals surface area contributed by atoms with Gasteiger partial charge in [-0.05, 0) is 48.5 Å². The van der Waals surface area contributed by atoms with Crippen LogP contribution in [0.2, 0.25) is 0 Å². The predicted molar refractivity (Wildman–Crippen MR) is 109 cm³/mol. The Morgan fingerprint density at radius 3 is 2.33 bits per heavy atom. The van der Waals surface area contributed by atoms with Crippen LogP contribution in [-0.2, 0) is 26.1 Å². The summed E-state index contributed by atoms with van der Waals surface area (Å²) in [5.41, 5.74) is 0.563. The van der Waals surface area contributed by atoms with Gasteiger partial charge in [-0.2, -0.15) is 0 Å². The molecule has 0 fully saturated rings. The van der Waals surface area contributed by atoms with E-state index in [1.54, 1.807) is 49.5 Å². The van der Waals surface area contributed by atoms with Gasteiger partial charge in [0.15, 0.2) is 6.61 Å². The van der Waals surface area contributed by atoms with Crippen molar-refractivity contribution in [3.8, 4) is 0 Å². The molecule has 2 aromatic carbocycles. The number of furan rings is 1. The van der Waals surface area contributed by atoms with E-state index in [0.717, 1.165) is 0 Å². The third-order valence-electron chi connectivity index (χ3n) is 4.15. The molecule has 0 spiro atoms. The molecule has 0 saturated heterocycles. The quantitative estimate of drug-likeness (QED) is 0.553. The monoisotopic (exact) mass is 428 g/mol. The number of anilines is 1. The van der Waals surface area contributed by atoms with E-state index in [1.807, 2.05) is 0 Å². The fourth-order valence-electron chi connectivity index (χ4n) is 2.54. The molecule has 8 nitrogen and oxygen atoms in total. The number of ether oxygens (including phenoxy) is 1. The lowest BCUT2D eigenvalue weighted by molar-refractivity contribution is -0.133. The van der Waals surface area contributed by atoms with Gasteiger partial charge in [-0.25, -0.2) is 13.2 Å². The molecule has 0 unspecified atom stereocenters. The van der Waals surface area contributed by atoms with Crippen molar-refractivity contribution in [2.75, 3.05) is 18.4 Å². The topological polar surface area (TPSA) is 106 Å². The third kappa shape index (κ3) is 5.48. The van der Waals surface area contributed by atoms with Crippen LogP contribution in [0, 0.1) is 0 Å². The smallest absolute Gasteiger partial charge is 0.338 e.